The monoisotopic (exact) mass is 483 g/mol. The zero-order chi connectivity index (χ0) is 25.9. The number of fused-ring (bicyclic) bond motifs is 1. The van der Waals surface area contributed by atoms with E-state index in [2.05, 4.69) is 18.0 Å². The van der Waals surface area contributed by atoms with E-state index in [-0.39, 0.29) is 18.1 Å². The van der Waals surface area contributed by atoms with E-state index in [4.69, 9.17) is 4.74 Å². The lowest BCUT2D eigenvalue weighted by molar-refractivity contribution is -0.155. The third-order valence-electron chi connectivity index (χ3n) is 7.85. The molecule has 0 saturated carbocycles. The summed E-state index contributed by atoms with van der Waals surface area (Å²) >= 11 is 0. The van der Waals surface area contributed by atoms with Gasteiger partial charge in [-0.2, -0.15) is 0 Å². The summed E-state index contributed by atoms with van der Waals surface area (Å²) in [4.78, 5) is 30.7. The Morgan fingerprint density at radius 1 is 1.06 bits per heavy atom. The molecule has 1 aromatic rings. The minimum absolute atomic E-state index is 0.0117. The highest BCUT2D eigenvalue weighted by atomic mass is 16.5. The van der Waals surface area contributed by atoms with Crippen molar-refractivity contribution in [2.24, 2.45) is 17.3 Å². The number of hydrogen-bond donors (Lipinski definition) is 2. The molecule has 0 fully saturated rings. The van der Waals surface area contributed by atoms with Gasteiger partial charge >= 0.3 is 5.97 Å². The Balaban J connectivity index is 1.92. The number of nitrogens with zero attached hydrogens (tertiary/aromatic N) is 1. The van der Waals surface area contributed by atoms with Crippen LogP contribution in [0, 0.1) is 24.2 Å². The molecule has 0 bridgehead atoms. The van der Waals surface area contributed by atoms with Gasteiger partial charge in [-0.25, -0.2) is 0 Å². The van der Waals surface area contributed by atoms with Gasteiger partial charge in [-0.3, -0.25) is 14.6 Å². The van der Waals surface area contributed by atoms with Crippen LogP contribution in [0.4, 0.5) is 0 Å². The van der Waals surface area contributed by atoms with Gasteiger partial charge in [0.2, 0.25) is 0 Å². The van der Waals surface area contributed by atoms with Gasteiger partial charge in [0, 0.05) is 18.0 Å². The van der Waals surface area contributed by atoms with Crippen LogP contribution in [0.15, 0.2) is 35.6 Å². The molecular formula is C29H41NO5. The van der Waals surface area contributed by atoms with Crippen molar-refractivity contribution in [1.29, 1.82) is 0 Å². The van der Waals surface area contributed by atoms with Crippen molar-refractivity contribution in [3.05, 3.63) is 46.8 Å². The largest absolute Gasteiger partial charge is 0.457 e. The zero-order valence-electron chi connectivity index (χ0n) is 22.0. The second kappa shape index (κ2) is 11.2. The smallest absolute Gasteiger partial charge is 0.309 e. The summed E-state index contributed by atoms with van der Waals surface area (Å²) in [5, 5.41) is 21.4. The van der Waals surface area contributed by atoms with Crippen LogP contribution in [0.25, 0.3) is 5.57 Å². The van der Waals surface area contributed by atoms with Crippen LogP contribution in [0.3, 0.4) is 0 Å². The number of carbonyl (C=O) groups is 2. The van der Waals surface area contributed by atoms with Crippen molar-refractivity contribution >= 4 is 17.3 Å². The molecule has 1 aromatic heterocycles. The quantitative estimate of drug-likeness (QED) is 0.433. The molecule has 0 spiro atoms. The highest BCUT2D eigenvalue weighted by molar-refractivity contribution is 5.88. The fraction of sp³-hybridized carbons (Fsp3) is 0.621. The van der Waals surface area contributed by atoms with Crippen molar-refractivity contribution in [3.63, 3.8) is 0 Å². The fourth-order valence-electron chi connectivity index (χ4n) is 5.26. The Morgan fingerprint density at radius 3 is 2.43 bits per heavy atom. The van der Waals surface area contributed by atoms with Crippen LogP contribution >= 0.6 is 0 Å². The van der Waals surface area contributed by atoms with Gasteiger partial charge in [0.15, 0.2) is 0 Å². The number of ketones is 1. The van der Waals surface area contributed by atoms with Crippen molar-refractivity contribution in [3.8, 4) is 0 Å². The third-order valence-corrected chi connectivity index (χ3v) is 7.85. The average molecular weight is 484 g/mol. The number of aliphatic hydroxyl groups excluding tert-OH is 2. The minimum atomic E-state index is -1.20. The van der Waals surface area contributed by atoms with E-state index in [0.29, 0.717) is 6.42 Å². The standard InChI is InChI=1S/C29H41NO5/c1-17-9-7-8-10-24(31)20(4)28(34)29(5,6)25(32)15-26(33)35-27-19(3)22(14-21(27)13-17)23-12-11-18(2)16-30-23/h11-13,16,20-21,24-25,27,31-32H,7-10,14-15H2,1-6H3/t20-,21+,24+,25+,27-/m1/s1. The molecule has 5 atom stereocenters. The lowest BCUT2D eigenvalue weighted by Crippen LogP contribution is -2.44. The molecule has 0 radical (unpaired) electrons. The van der Waals surface area contributed by atoms with Gasteiger partial charge < -0.3 is 14.9 Å². The first kappa shape index (κ1) is 27.3. The molecule has 2 aliphatic rings. The number of aromatic nitrogens is 1. The van der Waals surface area contributed by atoms with E-state index in [0.717, 1.165) is 48.1 Å². The number of ether oxygens (including phenoxy) is 1. The number of allylic oxidation sites excluding steroid dienone is 2. The van der Waals surface area contributed by atoms with Gasteiger partial charge in [0.1, 0.15) is 11.9 Å². The number of hydrogen-bond acceptors (Lipinski definition) is 6. The molecule has 0 amide bonds. The number of aliphatic hydroxyl groups is 2. The maximum atomic E-state index is 13.1. The molecule has 192 valence electrons. The molecule has 1 aliphatic carbocycles. The van der Waals surface area contributed by atoms with E-state index >= 15 is 0 Å². The van der Waals surface area contributed by atoms with Gasteiger partial charge in [-0.1, -0.05) is 44.9 Å². The highest BCUT2D eigenvalue weighted by Crippen LogP contribution is 2.41. The van der Waals surface area contributed by atoms with Gasteiger partial charge in [0.05, 0.1) is 29.7 Å². The van der Waals surface area contributed by atoms with E-state index in [9.17, 15) is 19.8 Å². The summed E-state index contributed by atoms with van der Waals surface area (Å²) in [7, 11) is 0. The first-order valence-corrected chi connectivity index (χ1v) is 12.8. The van der Waals surface area contributed by atoms with Crippen LogP contribution < -0.4 is 0 Å². The molecule has 3 rings (SSSR count). The molecule has 0 unspecified atom stereocenters. The number of Topliss-reactive ketones (excluding diaryl/α,β-unsaturated/α-hetero) is 1. The van der Waals surface area contributed by atoms with Gasteiger partial charge in [-0.05, 0) is 69.2 Å². The summed E-state index contributed by atoms with van der Waals surface area (Å²) in [6, 6.07) is 4.04. The van der Waals surface area contributed by atoms with E-state index in [1.54, 1.807) is 20.8 Å². The molecule has 2 heterocycles. The zero-order valence-corrected chi connectivity index (χ0v) is 22.0. The molecule has 0 saturated heterocycles. The molecule has 6 nitrogen and oxygen atoms in total. The maximum Gasteiger partial charge on any atom is 0.309 e. The van der Waals surface area contributed by atoms with E-state index in [1.807, 2.05) is 32.2 Å². The predicted octanol–water partition coefficient (Wildman–Crippen LogP) is 4.96. The summed E-state index contributed by atoms with van der Waals surface area (Å²) in [5.41, 5.74) is 4.08. The molecule has 0 aromatic carbocycles. The van der Waals surface area contributed by atoms with Crippen LogP contribution in [-0.4, -0.2) is 45.3 Å². The SMILES string of the molecule is CC1=C[C@H]2CC(c3ccc(C)cn3)=C(C)[C@H]2OC(=O)C[C@H](O)C(C)(C)C(=O)[C@H](C)[C@@H](O)CCCC1. The predicted molar refractivity (Wildman–Crippen MR) is 136 cm³/mol. The number of esters is 1. The lowest BCUT2D eigenvalue weighted by Gasteiger charge is -2.33. The van der Waals surface area contributed by atoms with Crippen molar-refractivity contribution < 1.29 is 24.5 Å². The summed E-state index contributed by atoms with van der Waals surface area (Å²) in [6.07, 6.45) is 5.22. The van der Waals surface area contributed by atoms with Gasteiger partial charge in [0.25, 0.3) is 0 Å². The number of rotatable bonds is 1. The van der Waals surface area contributed by atoms with Crippen LogP contribution in [0.1, 0.15) is 84.4 Å². The van der Waals surface area contributed by atoms with Crippen LogP contribution in [0.2, 0.25) is 0 Å². The lowest BCUT2D eigenvalue weighted by atomic mass is 9.74. The Hall–Kier alpha value is -2.31. The van der Waals surface area contributed by atoms with Crippen molar-refractivity contribution in [2.45, 2.75) is 98.4 Å². The Kier molecular flexibility index (Phi) is 8.71. The normalized spacial score (nSPS) is 31.1. The topological polar surface area (TPSA) is 96.7 Å². The second-order valence-electron chi connectivity index (χ2n) is 11.1. The molecule has 1 aliphatic heterocycles. The Bertz CT molecular complexity index is 991. The van der Waals surface area contributed by atoms with Crippen LogP contribution in [0.5, 0.6) is 0 Å². The van der Waals surface area contributed by atoms with Crippen molar-refractivity contribution in [2.75, 3.05) is 0 Å². The first-order valence-electron chi connectivity index (χ1n) is 12.8. The average Bonchev–Trinajstić information content (AvgIpc) is 3.10. The summed E-state index contributed by atoms with van der Waals surface area (Å²) < 4.78 is 5.97. The molecule has 2 N–H and O–H groups in total. The van der Waals surface area contributed by atoms with E-state index < -0.39 is 35.6 Å². The highest BCUT2D eigenvalue weighted by Gasteiger charge is 2.42. The van der Waals surface area contributed by atoms with E-state index in [1.165, 1.54) is 5.57 Å². The van der Waals surface area contributed by atoms with Crippen molar-refractivity contribution in [1.82, 2.24) is 4.98 Å². The fourth-order valence-corrected chi connectivity index (χ4v) is 5.26. The number of aryl methyl sites for hydroxylation is 1. The first-order chi connectivity index (χ1) is 16.4. The number of carbonyl (C=O) groups excluding carboxylic acids is 2. The number of pyridine rings is 1. The molecule has 35 heavy (non-hydrogen) atoms. The Labute approximate surface area is 209 Å². The molecule has 6 heteroatoms. The summed E-state index contributed by atoms with van der Waals surface area (Å²) in [6.45, 7) is 11.1. The van der Waals surface area contributed by atoms with Gasteiger partial charge in [-0.15, -0.1) is 0 Å². The minimum Gasteiger partial charge on any atom is -0.457 e. The maximum absolute atomic E-state index is 13.1. The molecular weight excluding hydrogens is 442 g/mol. The third kappa shape index (κ3) is 6.28. The Morgan fingerprint density at radius 2 is 1.77 bits per heavy atom. The summed E-state index contributed by atoms with van der Waals surface area (Å²) in [5.74, 6) is -1.40. The second-order valence-corrected chi connectivity index (χ2v) is 11.1. The van der Waals surface area contributed by atoms with Crippen LogP contribution in [-0.2, 0) is 14.3 Å².